The van der Waals surface area contributed by atoms with E-state index < -0.39 is 29.9 Å². The predicted octanol–water partition coefficient (Wildman–Crippen LogP) is 1.88. The molecule has 3 N–H and O–H groups in total. The molecule has 1 unspecified atom stereocenters. The van der Waals surface area contributed by atoms with E-state index in [1.165, 1.54) is 0 Å². The zero-order chi connectivity index (χ0) is 19.7. The quantitative estimate of drug-likeness (QED) is 0.588. The van der Waals surface area contributed by atoms with E-state index in [1.54, 1.807) is 6.07 Å². The SMILES string of the molecule is CCC(Oc1ccccc1C)C(=O)NCC(=O)N[C@@H](CC(C)C)C(=O)O. The van der Waals surface area contributed by atoms with Gasteiger partial charge in [0.15, 0.2) is 6.10 Å². The van der Waals surface area contributed by atoms with Crippen molar-refractivity contribution < 1.29 is 24.2 Å². The number of benzene rings is 1. The van der Waals surface area contributed by atoms with Crippen molar-refractivity contribution >= 4 is 17.8 Å². The van der Waals surface area contributed by atoms with Gasteiger partial charge < -0.3 is 20.5 Å². The Hall–Kier alpha value is -2.57. The van der Waals surface area contributed by atoms with E-state index in [-0.39, 0.29) is 12.5 Å². The topological polar surface area (TPSA) is 105 Å². The molecule has 0 aliphatic rings. The number of rotatable bonds is 10. The van der Waals surface area contributed by atoms with Crippen molar-refractivity contribution in [3.05, 3.63) is 29.8 Å². The molecule has 0 heterocycles. The standard InChI is InChI=1S/C19H28N2O5/c1-5-15(26-16-9-7-6-8-13(16)4)18(23)20-11-17(22)21-14(19(24)25)10-12(2)3/h6-9,12,14-15H,5,10-11H2,1-4H3,(H,20,23)(H,21,22)(H,24,25)/t14-,15?/m0/s1. The van der Waals surface area contributed by atoms with E-state index in [0.717, 1.165) is 5.56 Å². The van der Waals surface area contributed by atoms with Crippen LogP contribution in [0.4, 0.5) is 0 Å². The number of carboxylic acid groups (broad SMARTS) is 1. The second-order valence-electron chi connectivity index (χ2n) is 6.59. The fraction of sp³-hybridized carbons (Fsp3) is 0.526. The Kier molecular flexibility index (Phi) is 8.61. The lowest BCUT2D eigenvalue weighted by atomic mass is 10.0. The van der Waals surface area contributed by atoms with Crippen LogP contribution in [-0.2, 0) is 14.4 Å². The van der Waals surface area contributed by atoms with E-state index >= 15 is 0 Å². The molecule has 1 aromatic carbocycles. The zero-order valence-corrected chi connectivity index (χ0v) is 15.7. The van der Waals surface area contributed by atoms with Gasteiger partial charge in [-0.2, -0.15) is 0 Å². The summed E-state index contributed by atoms with van der Waals surface area (Å²) in [7, 11) is 0. The number of hydrogen-bond acceptors (Lipinski definition) is 4. The van der Waals surface area contributed by atoms with Crippen molar-refractivity contribution in [2.24, 2.45) is 5.92 Å². The largest absolute Gasteiger partial charge is 0.480 e. The number of aryl methyl sites for hydroxylation is 1. The van der Waals surface area contributed by atoms with E-state index in [0.29, 0.717) is 18.6 Å². The van der Waals surface area contributed by atoms with Crippen molar-refractivity contribution in [3.63, 3.8) is 0 Å². The summed E-state index contributed by atoms with van der Waals surface area (Å²) in [5.74, 6) is -1.31. The first kappa shape index (κ1) is 21.5. The van der Waals surface area contributed by atoms with Crippen LogP contribution in [0.5, 0.6) is 5.75 Å². The maximum Gasteiger partial charge on any atom is 0.326 e. The summed E-state index contributed by atoms with van der Waals surface area (Å²) >= 11 is 0. The Balaban J connectivity index is 2.56. The minimum Gasteiger partial charge on any atom is -0.480 e. The molecule has 0 radical (unpaired) electrons. The highest BCUT2D eigenvalue weighted by Crippen LogP contribution is 2.18. The molecule has 144 valence electrons. The number of ether oxygens (including phenoxy) is 1. The third-order valence-electron chi connectivity index (χ3n) is 3.79. The zero-order valence-electron chi connectivity index (χ0n) is 15.7. The summed E-state index contributed by atoms with van der Waals surface area (Å²) in [4.78, 5) is 35.4. The minimum atomic E-state index is -1.09. The third kappa shape index (κ3) is 7.13. The van der Waals surface area contributed by atoms with Gasteiger partial charge in [-0.25, -0.2) is 4.79 Å². The fourth-order valence-electron chi connectivity index (χ4n) is 2.38. The number of amides is 2. The number of aliphatic carboxylic acids is 1. The van der Waals surface area contributed by atoms with Crippen molar-refractivity contribution in [2.45, 2.75) is 52.7 Å². The Morgan fingerprint density at radius 2 is 1.85 bits per heavy atom. The van der Waals surface area contributed by atoms with Gasteiger partial charge in [0.2, 0.25) is 5.91 Å². The van der Waals surface area contributed by atoms with Crippen LogP contribution >= 0.6 is 0 Å². The van der Waals surface area contributed by atoms with Gasteiger partial charge in [0.05, 0.1) is 6.54 Å². The van der Waals surface area contributed by atoms with E-state index in [1.807, 2.05) is 45.9 Å². The highest BCUT2D eigenvalue weighted by molar-refractivity contribution is 5.89. The number of para-hydroxylation sites is 1. The van der Waals surface area contributed by atoms with Gasteiger partial charge in [-0.1, -0.05) is 39.0 Å². The minimum absolute atomic E-state index is 0.123. The van der Waals surface area contributed by atoms with Gasteiger partial charge in [-0.3, -0.25) is 9.59 Å². The molecule has 7 nitrogen and oxygen atoms in total. The van der Waals surface area contributed by atoms with Crippen molar-refractivity contribution in [1.82, 2.24) is 10.6 Å². The Bertz CT molecular complexity index is 630. The first-order valence-corrected chi connectivity index (χ1v) is 8.76. The molecule has 0 spiro atoms. The van der Waals surface area contributed by atoms with Crippen LogP contribution in [0.1, 0.15) is 39.2 Å². The second kappa shape index (κ2) is 10.4. The number of carbonyl (C=O) groups is 3. The summed E-state index contributed by atoms with van der Waals surface area (Å²) < 4.78 is 5.72. The molecule has 0 fully saturated rings. The summed E-state index contributed by atoms with van der Waals surface area (Å²) in [5, 5.41) is 14.1. The molecule has 2 atom stereocenters. The monoisotopic (exact) mass is 364 g/mol. The van der Waals surface area contributed by atoms with Crippen molar-refractivity contribution in [1.29, 1.82) is 0 Å². The van der Waals surface area contributed by atoms with E-state index in [4.69, 9.17) is 9.84 Å². The summed E-state index contributed by atoms with van der Waals surface area (Å²) in [6.45, 7) is 7.14. The average Bonchev–Trinajstić information content (AvgIpc) is 2.58. The van der Waals surface area contributed by atoms with Crippen LogP contribution in [0.15, 0.2) is 24.3 Å². The highest BCUT2D eigenvalue weighted by atomic mass is 16.5. The molecule has 26 heavy (non-hydrogen) atoms. The highest BCUT2D eigenvalue weighted by Gasteiger charge is 2.23. The lowest BCUT2D eigenvalue weighted by Crippen LogP contribution is -2.48. The number of nitrogens with one attached hydrogen (secondary N) is 2. The maximum absolute atomic E-state index is 12.3. The normalized spacial score (nSPS) is 13.0. The van der Waals surface area contributed by atoms with Crippen LogP contribution < -0.4 is 15.4 Å². The smallest absolute Gasteiger partial charge is 0.326 e. The molecule has 1 rings (SSSR count). The van der Waals surface area contributed by atoms with Gasteiger partial charge in [-0.15, -0.1) is 0 Å². The van der Waals surface area contributed by atoms with Crippen LogP contribution in [-0.4, -0.2) is 41.6 Å². The average molecular weight is 364 g/mol. The van der Waals surface area contributed by atoms with E-state index in [9.17, 15) is 14.4 Å². The fourth-order valence-corrected chi connectivity index (χ4v) is 2.38. The number of carbonyl (C=O) groups excluding carboxylic acids is 2. The lowest BCUT2D eigenvalue weighted by molar-refractivity contribution is -0.142. The molecule has 2 amide bonds. The summed E-state index contributed by atoms with van der Waals surface area (Å²) in [6.07, 6.45) is 0.0328. The van der Waals surface area contributed by atoms with Gasteiger partial charge in [0.1, 0.15) is 11.8 Å². The van der Waals surface area contributed by atoms with Crippen LogP contribution in [0.3, 0.4) is 0 Å². The molecule has 0 aromatic heterocycles. The van der Waals surface area contributed by atoms with Gasteiger partial charge in [0.25, 0.3) is 5.91 Å². The second-order valence-corrected chi connectivity index (χ2v) is 6.59. The van der Waals surface area contributed by atoms with Gasteiger partial charge in [0, 0.05) is 0 Å². The van der Waals surface area contributed by atoms with Crippen molar-refractivity contribution in [3.8, 4) is 5.75 Å². The Morgan fingerprint density at radius 3 is 2.38 bits per heavy atom. The van der Waals surface area contributed by atoms with Crippen molar-refractivity contribution in [2.75, 3.05) is 6.54 Å². The van der Waals surface area contributed by atoms with Gasteiger partial charge in [-0.05, 0) is 37.3 Å². The first-order valence-electron chi connectivity index (χ1n) is 8.76. The number of hydrogen-bond donors (Lipinski definition) is 3. The molecular formula is C19H28N2O5. The Labute approximate surface area is 154 Å². The first-order chi connectivity index (χ1) is 12.2. The summed E-state index contributed by atoms with van der Waals surface area (Å²) in [5.41, 5.74) is 0.912. The summed E-state index contributed by atoms with van der Waals surface area (Å²) in [6, 6.07) is 6.39. The van der Waals surface area contributed by atoms with Crippen LogP contribution in [0.25, 0.3) is 0 Å². The van der Waals surface area contributed by atoms with E-state index in [2.05, 4.69) is 10.6 Å². The lowest BCUT2D eigenvalue weighted by Gasteiger charge is -2.19. The predicted molar refractivity (Wildman–Crippen MR) is 97.9 cm³/mol. The number of carboxylic acids is 1. The molecule has 7 heteroatoms. The van der Waals surface area contributed by atoms with Gasteiger partial charge >= 0.3 is 5.97 Å². The molecule has 0 saturated carbocycles. The Morgan fingerprint density at radius 1 is 1.19 bits per heavy atom. The van der Waals surface area contributed by atoms with Crippen LogP contribution in [0.2, 0.25) is 0 Å². The molecule has 0 bridgehead atoms. The molecule has 0 aliphatic heterocycles. The van der Waals surface area contributed by atoms with Crippen LogP contribution in [0, 0.1) is 12.8 Å². The maximum atomic E-state index is 12.3. The third-order valence-corrected chi connectivity index (χ3v) is 3.79. The molecule has 1 aromatic rings. The molecule has 0 aliphatic carbocycles. The molecular weight excluding hydrogens is 336 g/mol. The molecule has 0 saturated heterocycles.